The Kier molecular flexibility index (Phi) is 4.24. The van der Waals surface area contributed by atoms with Gasteiger partial charge in [0.15, 0.2) is 0 Å². The van der Waals surface area contributed by atoms with Crippen molar-refractivity contribution in [1.29, 1.82) is 0 Å². The number of anilines is 1. The highest BCUT2D eigenvalue weighted by molar-refractivity contribution is 5.36. The molecule has 1 unspecified atom stereocenters. The summed E-state index contributed by atoms with van der Waals surface area (Å²) in [5, 5.41) is 0. The monoisotopic (exact) mass is 328 g/mol. The van der Waals surface area contributed by atoms with E-state index in [0.717, 1.165) is 69.5 Å². The van der Waals surface area contributed by atoms with E-state index in [4.69, 9.17) is 9.15 Å². The molecule has 2 aliphatic rings. The Morgan fingerprint density at radius 3 is 2.96 bits per heavy atom. The summed E-state index contributed by atoms with van der Waals surface area (Å²) in [6, 6.07) is 4.10. The third-order valence-electron chi connectivity index (χ3n) is 4.92. The minimum atomic E-state index is -0.115. The first-order chi connectivity index (χ1) is 11.7. The first-order valence-corrected chi connectivity index (χ1v) is 8.65. The lowest BCUT2D eigenvalue weighted by Crippen LogP contribution is -2.59. The molecule has 2 fully saturated rings. The Morgan fingerprint density at radius 1 is 1.21 bits per heavy atom. The van der Waals surface area contributed by atoms with E-state index < -0.39 is 0 Å². The minimum Gasteiger partial charge on any atom is -0.465 e. The highest BCUT2D eigenvalue weighted by Crippen LogP contribution is 2.31. The van der Waals surface area contributed by atoms with Crippen LogP contribution in [0, 0.1) is 6.92 Å². The van der Waals surface area contributed by atoms with Crippen LogP contribution in [-0.4, -0.2) is 53.3 Å². The molecule has 6 heteroatoms. The SMILES string of the molecule is Cc1ccc(CN2CCOC3(CCCN(c4cnccn4)C3)C2)o1. The molecule has 24 heavy (non-hydrogen) atoms. The highest BCUT2D eigenvalue weighted by atomic mass is 16.5. The molecule has 6 nitrogen and oxygen atoms in total. The second-order valence-corrected chi connectivity index (χ2v) is 6.84. The van der Waals surface area contributed by atoms with Gasteiger partial charge in [-0.3, -0.25) is 9.88 Å². The molecule has 2 aromatic rings. The molecule has 128 valence electrons. The molecule has 2 aliphatic heterocycles. The van der Waals surface area contributed by atoms with Gasteiger partial charge in [0.25, 0.3) is 0 Å². The van der Waals surface area contributed by atoms with Crippen LogP contribution in [0.15, 0.2) is 35.1 Å². The molecule has 1 spiro atoms. The van der Waals surface area contributed by atoms with Crippen LogP contribution in [0.2, 0.25) is 0 Å². The van der Waals surface area contributed by atoms with Crippen molar-refractivity contribution in [2.45, 2.75) is 31.9 Å². The number of morpholine rings is 1. The van der Waals surface area contributed by atoms with Gasteiger partial charge in [0, 0.05) is 38.6 Å². The summed E-state index contributed by atoms with van der Waals surface area (Å²) < 4.78 is 12.0. The fraction of sp³-hybridized carbons (Fsp3) is 0.556. The highest BCUT2D eigenvalue weighted by Gasteiger charge is 2.41. The maximum atomic E-state index is 6.27. The first kappa shape index (κ1) is 15.6. The molecule has 1 atom stereocenters. The molecule has 0 radical (unpaired) electrons. The van der Waals surface area contributed by atoms with Gasteiger partial charge in [-0.2, -0.15) is 0 Å². The number of hydrogen-bond donors (Lipinski definition) is 0. The molecule has 0 N–H and O–H groups in total. The number of aromatic nitrogens is 2. The van der Waals surface area contributed by atoms with E-state index >= 15 is 0 Å². The van der Waals surface area contributed by atoms with Crippen LogP contribution in [0.5, 0.6) is 0 Å². The lowest BCUT2D eigenvalue weighted by atomic mass is 9.90. The molecule has 4 rings (SSSR count). The third-order valence-corrected chi connectivity index (χ3v) is 4.92. The van der Waals surface area contributed by atoms with Gasteiger partial charge in [0.05, 0.1) is 24.9 Å². The van der Waals surface area contributed by atoms with E-state index in [2.05, 4.69) is 25.8 Å². The lowest BCUT2D eigenvalue weighted by molar-refractivity contribution is -0.117. The maximum Gasteiger partial charge on any atom is 0.147 e. The van der Waals surface area contributed by atoms with Crippen LogP contribution in [-0.2, 0) is 11.3 Å². The molecule has 0 bridgehead atoms. The van der Waals surface area contributed by atoms with E-state index in [9.17, 15) is 0 Å². The molecular formula is C18H24N4O2. The van der Waals surface area contributed by atoms with Gasteiger partial charge in [-0.15, -0.1) is 0 Å². The summed E-state index contributed by atoms with van der Waals surface area (Å²) in [6.07, 6.45) is 7.52. The summed E-state index contributed by atoms with van der Waals surface area (Å²) in [6.45, 7) is 7.39. The van der Waals surface area contributed by atoms with E-state index in [1.165, 1.54) is 0 Å². The lowest BCUT2D eigenvalue weighted by Gasteiger charge is -2.48. The standard InChI is InChI=1S/C18H24N4O2/c1-15-3-4-16(24-15)12-21-9-10-23-18(13-21)5-2-8-22(14-18)17-11-19-6-7-20-17/h3-4,6-7,11H,2,5,8-10,12-14H2,1H3. The Morgan fingerprint density at radius 2 is 2.17 bits per heavy atom. The number of nitrogens with zero attached hydrogens (tertiary/aromatic N) is 4. The van der Waals surface area contributed by atoms with Gasteiger partial charge in [-0.1, -0.05) is 0 Å². The van der Waals surface area contributed by atoms with Crippen LogP contribution in [0.25, 0.3) is 0 Å². The quantitative estimate of drug-likeness (QED) is 0.861. The fourth-order valence-electron chi connectivity index (χ4n) is 3.84. The van der Waals surface area contributed by atoms with E-state index in [1.807, 2.05) is 19.2 Å². The van der Waals surface area contributed by atoms with Crippen molar-refractivity contribution in [1.82, 2.24) is 14.9 Å². The molecule has 0 saturated carbocycles. The molecule has 0 amide bonds. The molecule has 2 aromatic heterocycles. The molecule has 2 saturated heterocycles. The smallest absolute Gasteiger partial charge is 0.147 e. The van der Waals surface area contributed by atoms with Crippen LogP contribution in [0.4, 0.5) is 5.82 Å². The summed E-state index contributed by atoms with van der Waals surface area (Å²) in [4.78, 5) is 13.4. The molecular weight excluding hydrogens is 304 g/mol. The third kappa shape index (κ3) is 3.30. The zero-order chi connectivity index (χ0) is 16.4. The number of aryl methyl sites for hydroxylation is 1. The second-order valence-electron chi connectivity index (χ2n) is 6.84. The number of furan rings is 1. The Labute approximate surface area is 142 Å². The predicted octanol–water partition coefficient (Wildman–Crippen LogP) is 2.25. The average molecular weight is 328 g/mol. The van der Waals surface area contributed by atoms with E-state index in [0.29, 0.717) is 0 Å². The molecule has 0 aliphatic carbocycles. The summed E-state index contributed by atoms with van der Waals surface area (Å²) in [7, 11) is 0. The summed E-state index contributed by atoms with van der Waals surface area (Å²) in [5.41, 5.74) is -0.115. The van der Waals surface area contributed by atoms with E-state index in [1.54, 1.807) is 12.4 Å². The normalized spacial score (nSPS) is 25.3. The van der Waals surface area contributed by atoms with Crippen molar-refractivity contribution >= 4 is 5.82 Å². The zero-order valence-electron chi connectivity index (χ0n) is 14.1. The molecule has 4 heterocycles. The van der Waals surface area contributed by atoms with Gasteiger partial charge in [0.1, 0.15) is 17.3 Å². The van der Waals surface area contributed by atoms with Gasteiger partial charge >= 0.3 is 0 Å². The molecule has 0 aromatic carbocycles. The zero-order valence-corrected chi connectivity index (χ0v) is 14.1. The number of ether oxygens (including phenoxy) is 1. The average Bonchev–Trinajstić information content (AvgIpc) is 3.01. The van der Waals surface area contributed by atoms with Crippen LogP contribution >= 0.6 is 0 Å². The Balaban J connectivity index is 1.45. The van der Waals surface area contributed by atoms with Gasteiger partial charge in [-0.05, 0) is 31.9 Å². The Hall–Kier alpha value is -1.92. The van der Waals surface area contributed by atoms with Crippen molar-refractivity contribution in [3.63, 3.8) is 0 Å². The van der Waals surface area contributed by atoms with Gasteiger partial charge in [-0.25, -0.2) is 4.98 Å². The first-order valence-electron chi connectivity index (χ1n) is 8.65. The second kappa shape index (κ2) is 6.53. The van der Waals surface area contributed by atoms with Crippen LogP contribution in [0.3, 0.4) is 0 Å². The maximum absolute atomic E-state index is 6.27. The predicted molar refractivity (Wildman–Crippen MR) is 90.9 cm³/mol. The van der Waals surface area contributed by atoms with Gasteiger partial charge < -0.3 is 14.1 Å². The van der Waals surface area contributed by atoms with Crippen molar-refractivity contribution in [2.24, 2.45) is 0 Å². The van der Waals surface area contributed by atoms with Crippen LogP contribution in [0.1, 0.15) is 24.4 Å². The minimum absolute atomic E-state index is 0.115. The van der Waals surface area contributed by atoms with Gasteiger partial charge in [0.2, 0.25) is 0 Å². The number of rotatable bonds is 3. The van der Waals surface area contributed by atoms with Crippen molar-refractivity contribution < 1.29 is 9.15 Å². The fourth-order valence-corrected chi connectivity index (χ4v) is 3.84. The Bertz CT molecular complexity index is 671. The van der Waals surface area contributed by atoms with Crippen molar-refractivity contribution in [3.05, 3.63) is 42.2 Å². The number of hydrogen-bond acceptors (Lipinski definition) is 6. The number of piperidine rings is 1. The van der Waals surface area contributed by atoms with E-state index in [-0.39, 0.29) is 5.60 Å². The summed E-state index contributed by atoms with van der Waals surface area (Å²) in [5.74, 6) is 2.95. The van der Waals surface area contributed by atoms with Crippen LogP contribution < -0.4 is 4.90 Å². The van der Waals surface area contributed by atoms with Crippen molar-refractivity contribution in [2.75, 3.05) is 37.7 Å². The topological polar surface area (TPSA) is 54.6 Å². The van der Waals surface area contributed by atoms with Crippen molar-refractivity contribution in [3.8, 4) is 0 Å². The summed E-state index contributed by atoms with van der Waals surface area (Å²) >= 11 is 0. The largest absolute Gasteiger partial charge is 0.465 e.